The van der Waals surface area contributed by atoms with Gasteiger partial charge in [-0.15, -0.1) is 0 Å². The van der Waals surface area contributed by atoms with Crippen LogP contribution in [0.25, 0.3) is 22.6 Å². The molecule has 0 fully saturated rings. The van der Waals surface area contributed by atoms with Gasteiger partial charge in [0.25, 0.3) is 0 Å². The summed E-state index contributed by atoms with van der Waals surface area (Å²) < 4.78 is 11.0. The van der Waals surface area contributed by atoms with Gasteiger partial charge in [-0.25, -0.2) is 4.98 Å². The zero-order valence-electron chi connectivity index (χ0n) is 13.0. The fourth-order valence-corrected chi connectivity index (χ4v) is 2.42. The van der Waals surface area contributed by atoms with Crippen LogP contribution in [0.2, 0.25) is 0 Å². The number of carbonyl (C=O) groups is 1. The maximum Gasteiger partial charge on any atom is 0.239 e. The first-order valence-electron chi connectivity index (χ1n) is 7.28. The molecule has 122 valence electrons. The van der Waals surface area contributed by atoms with Gasteiger partial charge in [0.2, 0.25) is 11.8 Å². The molecule has 2 aromatic carbocycles. The standard InChI is InChI=1S/C18H16N2O3S/c1-22-13-9-7-11(8-10-13)14-15(12-5-3-2-4-6-12)23-18(20-14)16(24)17(19)21/h2-10,16,24H,1H3,(H2,19,21). The molecule has 1 heterocycles. The van der Waals surface area contributed by atoms with Crippen molar-refractivity contribution in [2.75, 3.05) is 7.11 Å². The number of hydrogen-bond acceptors (Lipinski definition) is 5. The highest BCUT2D eigenvalue weighted by molar-refractivity contribution is 7.81. The molecular formula is C18H16N2O3S. The lowest BCUT2D eigenvalue weighted by Crippen LogP contribution is -2.17. The smallest absolute Gasteiger partial charge is 0.239 e. The fourth-order valence-electron chi connectivity index (χ4n) is 2.31. The Kier molecular flexibility index (Phi) is 4.57. The van der Waals surface area contributed by atoms with Crippen molar-refractivity contribution >= 4 is 18.5 Å². The van der Waals surface area contributed by atoms with Crippen LogP contribution in [0, 0.1) is 0 Å². The summed E-state index contributed by atoms with van der Waals surface area (Å²) in [6, 6.07) is 17.0. The van der Waals surface area contributed by atoms with Crippen molar-refractivity contribution in [2.45, 2.75) is 5.25 Å². The minimum absolute atomic E-state index is 0.176. The van der Waals surface area contributed by atoms with Gasteiger partial charge in [0.1, 0.15) is 11.4 Å². The van der Waals surface area contributed by atoms with E-state index in [9.17, 15) is 4.79 Å². The van der Waals surface area contributed by atoms with Crippen LogP contribution >= 0.6 is 12.6 Å². The Hall–Kier alpha value is -2.73. The molecule has 2 N–H and O–H groups in total. The van der Waals surface area contributed by atoms with Crippen molar-refractivity contribution in [3.05, 3.63) is 60.5 Å². The topological polar surface area (TPSA) is 78.4 Å². The molecule has 1 aromatic heterocycles. The molecule has 3 aromatic rings. The van der Waals surface area contributed by atoms with Gasteiger partial charge in [0, 0.05) is 11.1 Å². The summed E-state index contributed by atoms with van der Waals surface area (Å²) in [5.74, 6) is 0.875. The highest BCUT2D eigenvalue weighted by Crippen LogP contribution is 2.35. The van der Waals surface area contributed by atoms with Gasteiger partial charge in [-0.1, -0.05) is 30.3 Å². The second kappa shape index (κ2) is 6.80. The number of rotatable bonds is 5. The van der Waals surface area contributed by atoms with Gasteiger partial charge in [0.15, 0.2) is 11.0 Å². The molecule has 0 spiro atoms. The quantitative estimate of drug-likeness (QED) is 0.697. The van der Waals surface area contributed by atoms with Crippen molar-refractivity contribution in [1.82, 2.24) is 4.98 Å². The van der Waals surface area contributed by atoms with Crippen molar-refractivity contribution < 1.29 is 13.9 Å². The number of hydrogen-bond donors (Lipinski definition) is 2. The molecule has 0 saturated carbocycles. The Balaban J connectivity index is 2.13. The summed E-state index contributed by atoms with van der Waals surface area (Å²) in [6.45, 7) is 0. The molecule has 0 aliphatic carbocycles. The minimum Gasteiger partial charge on any atom is -0.497 e. The van der Waals surface area contributed by atoms with E-state index in [1.807, 2.05) is 54.6 Å². The molecule has 0 bridgehead atoms. The average molecular weight is 340 g/mol. The number of amides is 1. The number of thiol groups is 1. The minimum atomic E-state index is -0.903. The largest absolute Gasteiger partial charge is 0.497 e. The van der Waals surface area contributed by atoms with Gasteiger partial charge in [-0.2, -0.15) is 12.6 Å². The Morgan fingerprint density at radius 3 is 2.38 bits per heavy atom. The Morgan fingerprint density at radius 2 is 1.79 bits per heavy atom. The van der Waals surface area contributed by atoms with Gasteiger partial charge < -0.3 is 14.9 Å². The molecular weight excluding hydrogens is 324 g/mol. The normalized spacial score (nSPS) is 11.9. The van der Waals surface area contributed by atoms with E-state index in [0.29, 0.717) is 11.5 Å². The zero-order chi connectivity index (χ0) is 17.1. The van der Waals surface area contributed by atoms with Crippen LogP contribution in [0.15, 0.2) is 59.0 Å². The third-order valence-corrected chi connectivity index (χ3v) is 4.02. The van der Waals surface area contributed by atoms with Crippen molar-refractivity contribution in [3.63, 3.8) is 0 Å². The SMILES string of the molecule is COc1ccc(-c2nc(C(S)C(N)=O)oc2-c2ccccc2)cc1. The Labute approximate surface area is 144 Å². The van der Waals surface area contributed by atoms with E-state index in [0.717, 1.165) is 16.9 Å². The van der Waals surface area contributed by atoms with E-state index >= 15 is 0 Å². The van der Waals surface area contributed by atoms with Crippen LogP contribution in [0.3, 0.4) is 0 Å². The third-order valence-electron chi connectivity index (χ3n) is 3.55. The zero-order valence-corrected chi connectivity index (χ0v) is 13.9. The third kappa shape index (κ3) is 3.14. The van der Waals surface area contributed by atoms with E-state index < -0.39 is 11.2 Å². The number of nitrogens with zero attached hydrogens (tertiary/aromatic N) is 1. The summed E-state index contributed by atoms with van der Waals surface area (Å²) in [5, 5.41) is -0.903. The maximum absolute atomic E-state index is 11.4. The lowest BCUT2D eigenvalue weighted by Gasteiger charge is -2.03. The van der Waals surface area contributed by atoms with E-state index in [-0.39, 0.29) is 5.89 Å². The monoisotopic (exact) mass is 340 g/mol. The summed E-state index contributed by atoms with van der Waals surface area (Å²) in [6.07, 6.45) is 0. The number of ether oxygens (including phenoxy) is 1. The van der Waals surface area contributed by atoms with E-state index in [4.69, 9.17) is 14.9 Å². The van der Waals surface area contributed by atoms with Gasteiger partial charge in [-0.3, -0.25) is 4.79 Å². The van der Waals surface area contributed by atoms with Crippen LogP contribution in [-0.4, -0.2) is 18.0 Å². The molecule has 24 heavy (non-hydrogen) atoms. The molecule has 0 saturated heterocycles. The first kappa shape index (κ1) is 16.1. The van der Waals surface area contributed by atoms with Crippen molar-refractivity contribution in [2.24, 2.45) is 5.73 Å². The van der Waals surface area contributed by atoms with Crippen LogP contribution < -0.4 is 10.5 Å². The number of methoxy groups -OCH3 is 1. The molecule has 0 aliphatic rings. The van der Waals surface area contributed by atoms with Crippen LogP contribution in [0.1, 0.15) is 11.1 Å². The predicted octanol–water partition coefficient (Wildman–Crippen LogP) is 3.47. The average Bonchev–Trinajstić information content (AvgIpc) is 3.07. The molecule has 1 unspecified atom stereocenters. The molecule has 5 nitrogen and oxygen atoms in total. The van der Waals surface area contributed by atoms with Gasteiger partial charge >= 0.3 is 0 Å². The molecule has 0 radical (unpaired) electrons. The van der Waals surface area contributed by atoms with Crippen LogP contribution in [0.4, 0.5) is 0 Å². The van der Waals surface area contributed by atoms with Crippen molar-refractivity contribution in [3.8, 4) is 28.3 Å². The number of oxazole rings is 1. The first-order valence-corrected chi connectivity index (χ1v) is 7.79. The molecule has 1 atom stereocenters. The number of aromatic nitrogens is 1. The highest BCUT2D eigenvalue weighted by atomic mass is 32.1. The van der Waals surface area contributed by atoms with E-state index in [1.165, 1.54) is 0 Å². The Bertz CT molecular complexity index is 844. The fraction of sp³-hybridized carbons (Fsp3) is 0.111. The van der Waals surface area contributed by atoms with Gasteiger partial charge in [-0.05, 0) is 24.3 Å². The Morgan fingerprint density at radius 1 is 1.12 bits per heavy atom. The van der Waals surface area contributed by atoms with Crippen molar-refractivity contribution in [1.29, 1.82) is 0 Å². The maximum atomic E-state index is 11.4. The number of benzene rings is 2. The second-order valence-electron chi connectivity index (χ2n) is 5.13. The molecule has 3 rings (SSSR count). The van der Waals surface area contributed by atoms with E-state index in [1.54, 1.807) is 7.11 Å². The summed E-state index contributed by atoms with van der Waals surface area (Å²) >= 11 is 4.18. The van der Waals surface area contributed by atoms with Crippen LogP contribution in [0.5, 0.6) is 5.75 Å². The summed E-state index contributed by atoms with van der Waals surface area (Å²) in [4.78, 5) is 15.9. The second-order valence-corrected chi connectivity index (χ2v) is 5.65. The van der Waals surface area contributed by atoms with Crippen LogP contribution in [-0.2, 0) is 4.79 Å². The lowest BCUT2D eigenvalue weighted by molar-refractivity contribution is -0.117. The first-order chi connectivity index (χ1) is 11.6. The molecule has 6 heteroatoms. The summed E-state index contributed by atoms with van der Waals surface area (Å²) in [5.41, 5.74) is 7.63. The highest BCUT2D eigenvalue weighted by Gasteiger charge is 2.24. The summed E-state index contributed by atoms with van der Waals surface area (Å²) in [7, 11) is 1.61. The van der Waals surface area contributed by atoms with Gasteiger partial charge in [0.05, 0.1) is 7.11 Å². The lowest BCUT2D eigenvalue weighted by atomic mass is 10.1. The predicted molar refractivity (Wildman–Crippen MR) is 94.8 cm³/mol. The molecule has 1 amide bonds. The molecule has 0 aliphatic heterocycles. The number of nitrogens with two attached hydrogens (primary N) is 1. The number of primary amides is 1. The number of carbonyl (C=O) groups excluding carboxylic acids is 1. The van der Waals surface area contributed by atoms with E-state index in [2.05, 4.69) is 17.6 Å².